The first-order valence-corrected chi connectivity index (χ1v) is 4.31. The standard InChI is InChI=1S/C8H19N3O/c1-4-5-12-6-8(11-9)10-7(2)3/h7H,4-6,9H2,1-3H3,(H,10,11). The summed E-state index contributed by atoms with van der Waals surface area (Å²) in [7, 11) is 0. The molecular formula is C8H19N3O. The molecule has 4 nitrogen and oxygen atoms in total. The first kappa shape index (κ1) is 11.4. The molecule has 0 saturated carbocycles. The number of nitrogens with one attached hydrogen (secondary N) is 1. The number of ether oxygens (including phenoxy) is 1. The Kier molecular flexibility index (Phi) is 6.70. The lowest BCUT2D eigenvalue weighted by molar-refractivity contribution is 0.170. The van der Waals surface area contributed by atoms with Crippen molar-refractivity contribution in [2.75, 3.05) is 13.2 Å². The first-order chi connectivity index (χ1) is 5.70. The van der Waals surface area contributed by atoms with Gasteiger partial charge >= 0.3 is 0 Å². The fourth-order valence-electron chi connectivity index (χ4n) is 0.741. The fraction of sp³-hybridized carbons (Fsp3) is 0.875. The van der Waals surface area contributed by atoms with Crippen LogP contribution in [0.15, 0.2) is 4.99 Å². The third-order valence-electron chi connectivity index (χ3n) is 1.17. The van der Waals surface area contributed by atoms with Gasteiger partial charge in [0, 0.05) is 12.6 Å². The van der Waals surface area contributed by atoms with Gasteiger partial charge in [0.05, 0.1) is 0 Å². The second-order valence-electron chi connectivity index (χ2n) is 2.87. The predicted octanol–water partition coefficient (Wildman–Crippen LogP) is 0.683. The Hall–Kier alpha value is -0.610. The zero-order chi connectivity index (χ0) is 9.40. The van der Waals surface area contributed by atoms with E-state index in [0.717, 1.165) is 13.0 Å². The van der Waals surface area contributed by atoms with E-state index in [1.807, 2.05) is 13.8 Å². The highest BCUT2D eigenvalue weighted by Crippen LogP contribution is 1.88. The van der Waals surface area contributed by atoms with Gasteiger partial charge in [-0.1, -0.05) is 6.92 Å². The number of rotatable bonds is 5. The number of hydrazine groups is 1. The molecule has 4 heteroatoms. The number of nitrogens with two attached hydrogens (primary N) is 1. The van der Waals surface area contributed by atoms with Crippen molar-refractivity contribution >= 4 is 5.84 Å². The highest BCUT2D eigenvalue weighted by atomic mass is 16.5. The van der Waals surface area contributed by atoms with E-state index in [1.54, 1.807) is 0 Å². The van der Waals surface area contributed by atoms with Crippen LogP contribution < -0.4 is 11.3 Å². The third-order valence-corrected chi connectivity index (χ3v) is 1.17. The predicted molar refractivity (Wildman–Crippen MR) is 51.0 cm³/mol. The minimum absolute atomic E-state index is 0.251. The van der Waals surface area contributed by atoms with Gasteiger partial charge in [-0.15, -0.1) is 0 Å². The maximum absolute atomic E-state index is 5.26. The van der Waals surface area contributed by atoms with Gasteiger partial charge in [0.1, 0.15) is 12.4 Å². The number of hydrogen-bond donors (Lipinski definition) is 2. The van der Waals surface area contributed by atoms with Gasteiger partial charge in [0.15, 0.2) is 0 Å². The third kappa shape index (κ3) is 6.12. The van der Waals surface area contributed by atoms with Crippen LogP contribution >= 0.6 is 0 Å². The van der Waals surface area contributed by atoms with E-state index < -0.39 is 0 Å². The highest BCUT2D eigenvalue weighted by Gasteiger charge is 1.97. The molecule has 0 fully saturated rings. The Balaban J connectivity index is 3.67. The molecule has 0 aromatic rings. The number of aliphatic imine (C=N–C) groups is 1. The van der Waals surface area contributed by atoms with E-state index in [4.69, 9.17) is 10.6 Å². The molecule has 0 atom stereocenters. The van der Waals surface area contributed by atoms with Crippen LogP contribution in [0.25, 0.3) is 0 Å². The summed E-state index contributed by atoms with van der Waals surface area (Å²) in [5, 5.41) is 0. The molecule has 0 spiro atoms. The minimum atomic E-state index is 0.251. The molecule has 0 radical (unpaired) electrons. The molecular weight excluding hydrogens is 154 g/mol. The Bertz CT molecular complexity index is 134. The maximum atomic E-state index is 5.26. The zero-order valence-electron chi connectivity index (χ0n) is 8.13. The maximum Gasteiger partial charge on any atom is 0.137 e. The molecule has 0 aromatic carbocycles. The molecule has 0 aliphatic heterocycles. The molecule has 0 amide bonds. The average Bonchev–Trinajstić information content (AvgIpc) is 2.02. The summed E-state index contributed by atoms with van der Waals surface area (Å²) in [4.78, 5) is 4.22. The lowest BCUT2D eigenvalue weighted by atomic mass is 10.4. The second-order valence-corrected chi connectivity index (χ2v) is 2.87. The van der Waals surface area contributed by atoms with Gasteiger partial charge < -0.3 is 10.2 Å². The van der Waals surface area contributed by atoms with Gasteiger partial charge in [0.2, 0.25) is 0 Å². The molecule has 0 saturated heterocycles. The van der Waals surface area contributed by atoms with Gasteiger partial charge in [-0.3, -0.25) is 4.99 Å². The Morgan fingerprint density at radius 2 is 2.25 bits per heavy atom. The van der Waals surface area contributed by atoms with E-state index in [1.165, 1.54) is 0 Å². The molecule has 0 bridgehead atoms. The molecule has 0 unspecified atom stereocenters. The quantitative estimate of drug-likeness (QED) is 0.211. The summed E-state index contributed by atoms with van der Waals surface area (Å²) in [6.45, 7) is 7.28. The average molecular weight is 173 g/mol. The van der Waals surface area contributed by atoms with Crippen LogP contribution in [0.1, 0.15) is 27.2 Å². The largest absolute Gasteiger partial charge is 0.374 e. The first-order valence-electron chi connectivity index (χ1n) is 4.31. The van der Waals surface area contributed by atoms with Crippen molar-refractivity contribution in [2.24, 2.45) is 10.8 Å². The summed E-state index contributed by atoms with van der Waals surface area (Å²) < 4.78 is 5.26. The molecule has 0 rings (SSSR count). The van der Waals surface area contributed by atoms with Gasteiger partial charge in [0.25, 0.3) is 0 Å². The molecule has 72 valence electrons. The van der Waals surface area contributed by atoms with E-state index in [2.05, 4.69) is 17.3 Å². The van der Waals surface area contributed by atoms with Crippen molar-refractivity contribution in [3.05, 3.63) is 0 Å². The fourth-order valence-corrected chi connectivity index (χ4v) is 0.741. The lowest BCUT2D eigenvalue weighted by Gasteiger charge is -2.07. The van der Waals surface area contributed by atoms with Crippen LogP contribution in [0.3, 0.4) is 0 Å². The van der Waals surface area contributed by atoms with E-state index in [-0.39, 0.29) is 6.04 Å². The topological polar surface area (TPSA) is 59.6 Å². The molecule has 0 aliphatic carbocycles. The molecule has 3 N–H and O–H groups in total. The van der Waals surface area contributed by atoms with E-state index >= 15 is 0 Å². The molecule has 0 aliphatic rings. The van der Waals surface area contributed by atoms with Crippen LogP contribution in [0.2, 0.25) is 0 Å². The summed E-state index contributed by atoms with van der Waals surface area (Å²) in [5.74, 6) is 5.95. The lowest BCUT2D eigenvalue weighted by Crippen LogP contribution is -2.34. The number of hydrogen-bond acceptors (Lipinski definition) is 3. The summed E-state index contributed by atoms with van der Waals surface area (Å²) in [6.07, 6.45) is 1.01. The summed E-state index contributed by atoms with van der Waals surface area (Å²) in [5.41, 5.74) is 2.52. The normalized spacial score (nSPS) is 12.2. The summed E-state index contributed by atoms with van der Waals surface area (Å²) >= 11 is 0. The van der Waals surface area contributed by atoms with Gasteiger partial charge in [-0.2, -0.15) is 0 Å². The van der Waals surface area contributed by atoms with E-state index in [0.29, 0.717) is 12.4 Å². The van der Waals surface area contributed by atoms with Gasteiger partial charge in [-0.05, 0) is 20.3 Å². The molecule has 0 aromatic heterocycles. The number of amidine groups is 1. The van der Waals surface area contributed by atoms with Crippen molar-refractivity contribution < 1.29 is 4.74 Å². The number of nitrogens with zero attached hydrogens (tertiary/aromatic N) is 1. The zero-order valence-corrected chi connectivity index (χ0v) is 8.13. The smallest absolute Gasteiger partial charge is 0.137 e. The Morgan fingerprint density at radius 1 is 1.58 bits per heavy atom. The Labute approximate surface area is 74.2 Å². The van der Waals surface area contributed by atoms with Crippen molar-refractivity contribution in [2.45, 2.75) is 33.2 Å². The van der Waals surface area contributed by atoms with Crippen LogP contribution in [0.4, 0.5) is 0 Å². The van der Waals surface area contributed by atoms with Crippen LogP contribution in [-0.2, 0) is 4.74 Å². The SMILES string of the molecule is CCCOCC(=NC(C)C)NN. The van der Waals surface area contributed by atoms with Crippen molar-refractivity contribution in [3.8, 4) is 0 Å². The Morgan fingerprint density at radius 3 is 2.67 bits per heavy atom. The monoisotopic (exact) mass is 173 g/mol. The van der Waals surface area contributed by atoms with Gasteiger partial charge in [-0.25, -0.2) is 5.84 Å². The van der Waals surface area contributed by atoms with Crippen LogP contribution in [0.5, 0.6) is 0 Å². The van der Waals surface area contributed by atoms with Crippen molar-refractivity contribution in [1.29, 1.82) is 0 Å². The van der Waals surface area contributed by atoms with Crippen molar-refractivity contribution in [3.63, 3.8) is 0 Å². The van der Waals surface area contributed by atoms with E-state index in [9.17, 15) is 0 Å². The highest BCUT2D eigenvalue weighted by molar-refractivity contribution is 5.82. The second kappa shape index (κ2) is 7.06. The van der Waals surface area contributed by atoms with Crippen molar-refractivity contribution in [1.82, 2.24) is 5.43 Å². The van der Waals surface area contributed by atoms with Crippen LogP contribution in [0, 0.1) is 0 Å². The minimum Gasteiger partial charge on any atom is -0.374 e. The molecule has 12 heavy (non-hydrogen) atoms. The van der Waals surface area contributed by atoms with Crippen LogP contribution in [-0.4, -0.2) is 25.1 Å². The summed E-state index contributed by atoms with van der Waals surface area (Å²) in [6, 6.07) is 0.251. The molecule has 0 heterocycles.